The van der Waals surface area contributed by atoms with Crippen LogP contribution in [0.3, 0.4) is 0 Å². The van der Waals surface area contributed by atoms with Crippen LogP contribution in [-0.2, 0) is 12.8 Å². The van der Waals surface area contributed by atoms with E-state index in [1.807, 2.05) is 0 Å². The molecular formula is C62H44N2. The zero-order valence-corrected chi connectivity index (χ0v) is 35.9. The van der Waals surface area contributed by atoms with Crippen LogP contribution in [0.2, 0.25) is 0 Å². The van der Waals surface area contributed by atoms with E-state index in [-0.39, 0.29) is 0 Å². The van der Waals surface area contributed by atoms with Gasteiger partial charge in [0.2, 0.25) is 0 Å². The Morgan fingerprint density at radius 3 is 2.16 bits per heavy atom. The Morgan fingerprint density at radius 2 is 1.25 bits per heavy atom. The van der Waals surface area contributed by atoms with Gasteiger partial charge in [-0.15, -0.1) is 0 Å². The molecule has 1 atom stereocenters. The summed E-state index contributed by atoms with van der Waals surface area (Å²) < 4.78 is 5.11. The fraction of sp³-hybridized carbons (Fsp3) is 0.129. The van der Waals surface area contributed by atoms with E-state index >= 15 is 0 Å². The van der Waals surface area contributed by atoms with Crippen LogP contribution in [0.25, 0.3) is 112 Å². The molecule has 6 aliphatic rings. The van der Waals surface area contributed by atoms with Gasteiger partial charge < -0.3 is 9.13 Å². The Balaban J connectivity index is 0.842. The molecule has 2 aromatic heterocycles. The summed E-state index contributed by atoms with van der Waals surface area (Å²) in [4.78, 5) is 0. The van der Waals surface area contributed by atoms with Crippen molar-refractivity contribution in [2.75, 3.05) is 0 Å². The molecule has 0 aliphatic heterocycles. The van der Waals surface area contributed by atoms with Crippen LogP contribution in [0.4, 0.5) is 0 Å². The zero-order chi connectivity index (χ0) is 41.8. The summed E-state index contributed by atoms with van der Waals surface area (Å²) in [7, 11) is 0. The van der Waals surface area contributed by atoms with Crippen LogP contribution in [0.15, 0.2) is 158 Å². The smallest absolute Gasteiger partial charge is 0.0543 e. The monoisotopic (exact) mass is 816 g/mol. The summed E-state index contributed by atoms with van der Waals surface area (Å²) in [5.74, 6) is 0.396. The molecule has 0 N–H and O–H groups in total. The van der Waals surface area contributed by atoms with Crippen LogP contribution < -0.4 is 0 Å². The van der Waals surface area contributed by atoms with Crippen LogP contribution in [0, 0.1) is 0 Å². The predicted molar refractivity (Wildman–Crippen MR) is 268 cm³/mol. The number of allylic oxidation sites excluding steroid dienone is 6. The van der Waals surface area contributed by atoms with E-state index in [1.54, 1.807) is 0 Å². The lowest BCUT2D eigenvalue weighted by Gasteiger charge is -2.32. The summed E-state index contributed by atoms with van der Waals surface area (Å²) in [6, 6.07) is 51.3. The molecule has 1 unspecified atom stereocenters. The highest BCUT2D eigenvalue weighted by Gasteiger charge is 2.34. The summed E-state index contributed by atoms with van der Waals surface area (Å²) in [6.07, 6.45) is 20.8. The lowest BCUT2D eigenvalue weighted by Crippen LogP contribution is -2.11. The molecule has 9 aromatic rings. The van der Waals surface area contributed by atoms with E-state index in [0.717, 1.165) is 38.5 Å². The van der Waals surface area contributed by atoms with Crippen molar-refractivity contribution >= 4 is 45.1 Å². The minimum absolute atomic E-state index is 0.396. The molecule has 2 nitrogen and oxygen atoms in total. The van der Waals surface area contributed by atoms with E-state index in [1.165, 1.54) is 145 Å². The van der Waals surface area contributed by atoms with Gasteiger partial charge in [-0.25, -0.2) is 0 Å². The molecule has 0 fully saturated rings. The van der Waals surface area contributed by atoms with Gasteiger partial charge in [0, 0.05) is 44.9 Å². The van der Waals surface area contributed by atoms with E-state index in [2.05, 4.69) is 186 Å². The Bertz CT molecular complexity index is 3740. The van der Waals surface area contributed by atoms with Crippen molar-refractivity contribution in [3.8, 4) is 67.0 Å². The number of para-hydroxylation sites is 1. The van der Waals surface area contributed by atoms with Gasteiger partial charge in [-0.05, 0) is 170 Å². The lowest BCUT2D eigenvalue weighted by atomic mass is 9.71. The number of fused-ring (bicyclic) bond motifs is 17. The first-order valence-electron chi connectivity index (χ1n) is 23.4. The van der Waals surface area contributed by atoms with Crippen molar-refractivity contribution in [3.05, 3.63) is 203 Å². The number of nitrogens with zero attached hydrogens (tertiary/aromatic N) is 2. The van der Waals surface area contributed by atoms with E-state index in [9.17, 15) is 0 Å². The van der Waals surface area contributed by atoms with Crippen molar-refractivity contribution in [3.63, 3.8) is 0 Å². The summed E-state index contributed by atoms with van der Waals surface area (Å²) in [5, 5.41) is 2.70. The highest BCUT2D eigenvalue weighted by molar-refractivity contribution is 6.20. The second-order valence-electron chi connectivity index (χ2n) is 18.9. The largest absolute Gasteiger partial charge is 0.312 e. The molecule has 15 rings (SSSR count). The maximum atomic E-state index is 2.62. The highest BCUT2D eigenvalue weighted by atomic mass is 15.0. The van der Waals surface area contributed by atoms with Crippen molar-refractivity contribution < 1.29 is 0 Å². The average molecular weight is 817 g/mol. The standard InChI is InChI=1S/C62H44N2/c1-36-13-8-23-49-54-35-39(63-55-26-6-4-15-44(55)45-16-5-7-27-56(45)63)31-32-57(54)64(62(36)49)58-28-12-25-51-59-40(18-9-24-50(59)61(51)58)37-29-30-38-34-53-42(19-10-20-43(53)52(38)33-37)48-22-11-21-47-41-14-2-3-17-46(41)60(47)48/h4,6-12,14-15,17-33,35-36H,2-3,5,13,16,34H2,1H3. The van der Waals surface area contributed by atoms with E-state index in [4.69, 9.17) is 0 Å². The summed E-state index contributed by atoms with van der Waals surface area (Å²) in [6.45, 7) is 2.40. The maximum Gasteiger partial charge on any atom is 0.0543 e. The normalized spacial score (nSPS) is 16.7. The highest BCUT2D eigenvalue weighted by Crippen LogP contribution is 2.57. The minimum atomic E-state index is 0.396. The molecule has 2 heteroatoms. The number of aryl methyl sites for hydroxylation is 1. The number of benzene rings is 7. The van der Waals surface area contributed by atoms with Crippen LogP contribution in [-0.4, -0.2) is 9.13 Å². The van der Waals surface area contributed by atoms with Gasteiger partial charge in [-0.2, -0.15) is 0 Å². The zero-order valence-electron chi connectivity index (χ0n) is 35.9. The first-order chi connectivity index (χ1) is 31.7. The van der Waals surface area contributed by atoms with Crippen LogP contribution in [0.5, 0.6) is 0 Å². The number of aromatic nitrogens is 2. The third-order valence-electron chi connectivity index (χ3n) is 15.6. The molecule has 7 aromatic carbocycles. The Hall–Kier alpha value is -7.42. The van der Waals surface area contributed by atoms with Gasteiger partial charge in [-0.3, -0.25) is 0 Å². The second-order valence-corrected chi connectivity index (χ2v) is 18.9. The Kier molecular flexibility index (Phi) is 7.04. The molecule has 302 valence electrons. The van der Waals surface area contributed by atoms with E-state index in [0.29, 0.717) is 5.92 Å². The summed E-state index contributed by atoms with van der Waals surface area (Å²) >= 11 is 0. The Labute approximate surface area is 373 Å². The van der Waals surface area contributed by atoms with Crippen molar-refractivity contribution in [1.29, 1.82) is 0 Å². The van der Waals surface area contributed by atoms with Gasteiger partial charge in [0.25, 0.3) is 0 Å². The molecule has 0 spiro atoms. The van der Waals surface area contributed by atoms with Gasteiger partial charge in [0.15, 0.2) is 0 Å². The number of hydrogen-bond acceptors (Lipinski definition) is 0. The number of rotatable bonds is 4. The van der Waals surface area contributed by atoms with Gasteiger partial charge in [0.1, 0.15) is 0 Å². The van der Waals surface area contributed by atoms with Gasteiger partial charge in [0.05, 0.1) is 16.7 Å². The first kappa shape index (κ1) is 35.1. The molecular weight excluding hydrogens is 773 g/mol. The molecule has 6 aliphatic carbocycles. The van der Waals surface area contributed by atoms with Crippen LogP contribution in [0.1, 0.15) is 83.3 Å². The molecule has 0 saturated heterocycles. The fourth-order valence-corrected chi connectivity index (χ4v) is 12.8. The maximum absolute atomic E-state index is 2.62. The van der Waals surface area contributed by atoms with Gasteiger partial charge in [-0.1, -0.05) is 134 Å². The first-order valence-corrected chi connectivity index (χ1v) is 23.4. The van der Waals surface area contributed by atoms with Crippen molar-refractivity contribution in [1.82, 2.24) is 9.13 Å². The van der Waals surface area contributed by atoms with Gasteiger partial charge >= 0.3 is 0 Å². The predicted octanol–water partition coefficient (Wildman–Crippen LogP) is 16.2. The third-order valence-corrected chi connectivity index (χ3v) is 15.6. The fourth-order valence-electron chi connectivity index (χ4n) is 12.8. The summed E-state index contributed by atoms with van der Waals surface area (Å²) in [5.41, 5.74) is 32.9. The lowest BCUT2D eigenvalue weighted by molar-refractivity contribution is 0.724. The topological polar surface area (TPSA) is 9.86 Å². The Morgan fingerprint density at radius 1 is 0.500 bits per heavy atom. The molecule has 2 heterocycles. The molecule has 0 radical (unpaired) electrons. The molecule has 0 saturated carbocycles. The van der Waals surface area contributed by atoms with Crippen LogP contribution >= 0.6 is 0 Å². The molecule has 64 heavy (non-hydrogen) atoms. The third kappa shape index (κ3) is 4.55. The average Bonchev–Trinajstić information content (AvgIpc) is 3.99. The minimum Gasteiger partial charge on any atom is -0.312 e. The van der Waals surface area contributed by atoms with Crippen molar-refractivity contribution in [2.45, 2.75) is 51.4 Å². The molecule has 0 amide bonds. The second kappa shape index (κ2) is 12.8. The van der Waals surface area contributed by atoms with E-state index < -0.39 is 0 Å². The van der Waals surface area contributed by atoms with Crippen molar-refractivity contribution in [2.24, 2.45) is 0 Å². The number of hydrogen-bond donors (Lipinski definition) is 0. The quantitative estimate of drug-likeness (QED) is 0.167. The SMILES string of the molecule is CC1CC=Cc2c1n(-c1cccc3c1-c1cccc(-c4ccc5c(c4)-c4cccc(-c6cccc7c6C6=CCCC=C67)c4C5)c1-3)c1ccc(-n3c4c(c5ccccc53)CCC=C4)cc21. The molecule has 0 bridgehead atoms.